The predicted molar refractivity (Wildman–Crippen MR) is 122 cm³/mol. The Bertz CT molecular complexity index is 1230. The molecule has 1 aliphatic heterocycles. The molecule has 1 saturated heterocycles. The summed E-state index contributed by atoms with van der Waals surface area (Å²) in [5.74, 6) is -1.22. The molecular weight excluding hydrogens is 466 g/mol. The van der Waals surface area contributed by atoms with Crippen molar-refractivity contribution < 1.29 is 14.5 Å². The van der Waals surface area contributed by atoms with Crippen molar-refractivity contribution in [1.82, 2.24) is 5.32 Å². The summed E-state index contributed by atoms with van der Waals surface area (Å²) in [7, 11) is 0. The lowest BCUT2D eigenvalue weighted by molar-refractivity contribution is -0.383. The van der Waals surface area contributed by atoms with Gasteiger partial charge in [-0.2, -0.15) is 0 Å². The summed E-state index contributed by atoms with van der Waals surface area (Å²) in [4.78, 5) is 38.2. The second-order valence-electron chi connectivity index (χ2n) is 6.06. The van der Waals surface area contributed by atoms with Gasteiger partial charge < -0.3 is 0 Å². The number of carbonyl (C=O) groups is 2. The zero-order valence-corrected chi connectivity index (χ0v) is 18.0. The van der Waals surface area contributed by atoms with Crippen LogP contribution in [0.3, 0.4) is 0 Å². The zero-order valence-electron chi connectivity index (χ0n) is 14.8. The molecule has 7 nitrogen and oxygen atoms in total. The molecule has 3 aromatic rings. The molecule has 0 bridgehead atoms. The first-order valence-electron chi connectivity index (χ1n) is 8.32. The Morgan fingerprint density at radius 3 is 2.57 bits per heavy atom. The average molecular weight is 476 g/mol. The molecule has 1 N–H and O–H groups in total. The third-order valence-corrected chi connectivity index (χ3v) is 6.42. The highest BCUT2D eigenvalue weighted by Gasteiger charge is 2.35. The van der Waals surface area contributed by atoms with Crippen LogP contribution in [-0.2, 0) is 9.59 Å². The highest BCUT2D eigenvalue weighted by molar-refractivity contribution is 7.80. The van der Waals surface area contributed by atoms with E-state index in [0.29, 0.717) is 26.7 Å². The Balaban J connectivity index is 1.76. The van der Waals surface area contributed by atoms with E-state index in [2.05, 4.69) is 5.32 Å². The van der Waals surface area contributed by atoms with Crippen molar-refractivity contribution in [3.8, 4) is 11.1 Å². The summed E-state index contributed by atoms with van der Waals surface area (Å²) < 4.78 is 0. The minimum atomic E-state index is -0.630. The predicted octanol–water partition coefficient (Wildman–Crippen LogP) is 4.87. The van der Waals surface area contributed by atoms with Crippen LogP contribution in [0.5, 0.6) is 0 Å². The molecule has 1 aliphatic rings. The molecule has 3 heterocycles. The fourth-order valence-electron chi connectivity index (χ4n) is 2.90. The Morgan fingerprint density at radius 1 is 1.13 bits per heavy atom. The van der Waals surface area contributed by atoms with E-state index in [1.165, 1.54) is 39.0 Å². The summed E-state index contributed by atoms with van der Waals surface area (Å²) in [6, 6.07) is 8.18. The number of carbonyl (C=O) groups excluding carboxylic acids is 2. The lowest BCUT2D eigenvalue weighted by Crippen LogP contribution is -2.54. The summed E-state index contributed by atoms with van der Waals surface area (Å²) >= 11 is 13.6. The van der Waals surface area contributed by atoms with Crippen molar-refractivity contribution in [2.75, 3.05) is 4.90 Å². The number of nitro groups is 1. The highest BCUT2D eigenvalue weighted by atomic mass is 35.5. The standard InChI is InChI=1S/C19H10ClN3O4S3/c20-10-1-3-11(4-2-10)22-18(25)13(17(24)21-19(22)28)7-16-12(5-6-30-16)14-8-29-9-15(14)23(26)27/h1-9H,(H,21,24,28)/b13-7+. The number of hydrogen-bond acceptors (Lipinski definition) is 7. The summed E-state index contributed by atoms with van der Waals surface area (Å²) in [5.41, 5.74) is 1.32. The first-order chi connectivity index (χ1) is 14.4. The molecule has 0 radical (unpaired) electrons. The van der Waals surface area contributed by atoms with E-state index >= 15 is 0 Å². The molecule has 4 rings (SSSR count). The van der Waals surface area contributed by atoms with Crippen LogP contribution in [0.25, 0.3) is 17.2 Å². The summed E-state index contributed by atoms with van der Waals surface area (Å²) in [6.45, 7) is 0. The largest absolute Gasteiger partial charge is 0.298 e. The van der Waals surface area contributed by atoms with Gasteiger partial charge in [-0.25, -0.2) is 0 Å². The maximum Gasteiger partial charge on any atom is 0.287 e. The van der Waals surface area contributed by atoms with Crippen LogP contribution >= 0.6 is 46.5 Å². The third kappa shape index (κ3) is 3.65. The van der Waals surface area contributed by atoms with Crippen molar-refractivity contribution in [3.63, 3.8) is 0 Å². The lowest BCUT2D eigenvalue weighted by Gasteiger charge is -2.28. The number of benzene rings is 1. The Kier molecular flexibility index (Phi) is 5.48. The smallest absolute Gasteiger partial charge is 0.287 e. The topological polar surface area (TPSA) is 92.6 Å². The van der Waals surface area contributed by atoms with E-state index in [-0.39, 0.29) is 16.4 Å². The fraction of sp³-hybridized carbons (Fsp3) is 0. The molecule has 0 unspecified atom stereocenters. The fourth-order valence-corrected chi connectivity index (χ4v) is 4.94. The highest BCUT2D eigenvalue weighted by Crippen LogP contribution is 2.38. The van der Waals surface area contributed by atoms with Crippen LogP contribution in [0.2, 0.25) is 5.02 Å². The van der Waals surface area contributed by atoms with Gasteiger partial charge in [0.1, 0.15) is 5.57 Å². The molecule has 2 amide bonds. The molecule has 11 heteroatoms. The van der Waals surface area contributed by atoms with Gasteiger partial charge in [0.05, 0.1) is 21.6 Å². The van der Waals surface area contributed by atoms with E-state index < -0.39 is 16.7 Å². The third-order valence-electron chi connectivity index (χ3n) is 4.29. The van der Waals surface area contributed by atoms with Gasteiger partial charge in [-0.15, -0.1) is 22.7 Å². The molecule has 0 saturated carbocycles. The number of hydrogen-bond donors (Lipinski definition) is 1. The average Bonchev–Trinajstić information content (AvgIpc) is 3.35. The van der Waals surface area contributed by atoms with Gasteiger partial charge in [-0.05, 0) is 54.0 Å². The Hall–Kier alpha value is -2.92. The van der Waals surface area contributed by atoms with Crippen molar-refractivity contribution in [3.05, 3.63) is 72.1 Å². The quantitative estimate of drug-likeness (QED) is 0.191. The molecular formula is C19H10ClN3O4S3. The molecule has 1 aromatic carbocycles. The number of thiophene rings is 2. The second kappa shape index (κ2) is 8.07. The monoisotopic (exact) mass is 475 g/mol. The SMILES string of the molecule is O=C1NC(=S)N(c2ccc(Cl)cc2)C(=O)/C1=C/c1sccc1-c1cscc1[N+](=O)[O-]. The van der Waals surface area contributed by atoms with Gasteiger partial charge in [-0.1, -0.05) is 11.6 Å². The Labute approximate surface area is 188 Å². The number of thiocarbonyl (C=S) groups is 1. The van der Waals surface area contributed by atoms with E-state index in [9.17, 15) is 19.7 Å². The van der Waals surface area contributed by atoms with Gasteiger partial charge in [0.25, 0.3) is 17.5 Å². The molecule has 0 atom stereocenters. The Morgan fingerprint density at radius 2 is 1.87 bits per heavy atom. The second-order valence-corrected chi connectivity index (χ2v) is 8.58. The van der Waals surface area contributed by atoms with Crippen molar-refractivity contribution in [2.45, 2.75) is 0 Å². The molecule has 0 aliphatic carbocycles. The van der Waals surface area contributed by atoms with E-state index in [1.807, 2.05) is 0 Å². The number of rotatable bonds is 4. The van der Waals surface area contributed by atoms with Crippen LogP contribution < -0.4 is 10.2 Å². The summed E-state index contributed by atoms with van der Waals surface area (Å²) in [6.07, 6.45) is 1.43. The maximum atomic E-state index is 13.1. The van der Waals surface area contributed by atoms with E-state index in [0.717, 1.165) is 0 Å². The van der Waals surface area contributed by atoms with Crippen LogP contribution in [0.1, 0.15) is 4.88 Å². The van der Waals surface area contributed by atoms with E-state index in [4.69, 9.17) is 23.8 Å². The lowest BCUT2D eigenvalue weighted by atomic mass is 10.1. The number of nitrogens with one attached hydrogen (secondary N) is 1. The van der Waals surface area contributed by atoms with Gasteiger partial charge in [-0.3, -0.25) is 29.9 Å². The van der Waals surface area contributed by atoms with Crippen molar-refractivity contribution in [1.29, 1.82) is 0 Å². The molecule has 30 heavy (non-hydrogen) atoms. The van der Waals surface area contributed by atoms with Gasteiger partial charge in [0.15, 0.2) is 5.11 Å². The first kappa shape index (κ1) is 20.4. The van der Waals surface area contributed by atoms with Crippen LogP contribution in [0.15, 0.2) is 52.0 Å². The minimum absolute atomic E-state index is 0.0264. The van der Waals surface area contributed by atoms with Gasteiger partial charge in [0.2, 0.25) is 0 Å². The van der Waals surface area contributed by atoms with Crippen molar-refractivity contribution >= 4 is 80.9 Å². The maximum absolute atomic E-state index is 13.1. The zero-order chi connectivity index (χ0) is 21.4. The first-order valence-corrected chi connectivity index (χ1v) is 10.9. The number of halogens is 1. The normalized spacial score (nSPS) is 15.6. The number of nitrogens with zero attached hydrogens (tertiary/aromatic N) is 2. The molecule has 150 valence electrons. The minimum Gasteiger partial charge on any atom is -0.298 e. The van der Waals surface area contributed by atoms with Gasteiger partial charge >= 0.3 is 0 Å². The van der Waals surface area contributed by atoms with Crippen LogP contribution in [0, 0.1) is 10.1 Å². The van der Waals surface area contributed by atoms with Crippen LogP contribution in [0.4, 0.5) is 11.4 Å². The number of amides is 2. The van der Waals surface area contributed by atoms with Crippen molar-refractivity contribution in [2.24, 2.45) is 0 Å². The molecule has 1 fully saturated rings. The van der Waals surface area contributed by atoms with E-state index in [1.54, 1.807) is 41.1 Å². The molecule has 2 aromatic heterocycles. The summed E-state index contributed by atoms with van der Waals surface area (Å²) in [5, 5.41) is 19.1. The van der Waals surface area contributed by atoms with Gasteiger partial charge in [0, 0.05) is 20.8 Å². The molecule has 0 spiro atoms. The van der Waals surface area contributed by atoms with Crippen LogP contribution in [-0.4, -0.2) is 21.9 Å². The number of anilines is 1.